The molecule has 0 bridgehead atoms. The molecule has 23 heavy (non-hydrogen) atoms. The van der Waals surface area contributed by atoms with Gasteiger partial charge in [0.15, 0.2) is 11.3 Å². The predicted octanol–water partition coefficient (Wildman–Crippen LogP) is 2.16. The van der Waals surface area contributed by atoms with Gasteiger partial charge in [0.25, 0.3) is 5.91 Å². The van der Waals surface area contributed by atoms with Crippen LogP contribution in [0.4, 0.5) is 5.69 Å². The van der Waals surface area contributed by atoms with Crippen LogP contribution in [-0.4, -0.2) is 32.5 Å². The van der Waals surface area contributed by atoms with Crippen LogP contribution in [0, 0.1) is 0 Å². The number of benzene rings is 1. The smallest absolute Gasteiger partial charge is 0.331 e. The van der Waals surface area contributed by atoms with Crippen molar-refractivity contribution in [2.75, 3.05) is 5.32 Å². The summed E-state index contributed by atoms with van der Waals surface area (Å²) in [6.07, 6.45) is 2.84. The molecule has 7 nitrogen and oxygen atoms in total. The number of aliphatic carboxylic acids is 1. The Morgan fingerprint density at radius 2 is 1.70 bits per heavy atom. The van der Waals surface area contributed by atoms with E-state index in [1.807, 2.05) is 0 Å². The number of carbonyl (C=O) groups excluding carboxylic acids is 2. The molecule has 0 unspecified atom stereocenters. The van der Waals surface area contributed by atoms with Crippen LogP contribution in [0.3, 0.4) is 0 Å². The lowest BCUT2D eigenvalue weighted by Gasteiger charge is -2.19. The predicted molar refractivity (Wildman–Crippen MR) is 83.6 cm³/mol. The van der Waals surface area contributed by atoms with E-state index in [9.17, 15) is 14.4 Å². The number of carboxylic acid groups (broad SMARTS) is 1. The summed E-state index contributed by atoms with van der Waals surface area (Å²) in [7, 11) is 0. The first-order chi connectivity index (χ1) is 10.7. The highest BCUT2D eigenvalue weighted by atomic mass is 16.4. The van der Waals surface area contributed by atoms with Gasteiger partial charge in [0.05, 0.1) is 11.9 Å². The van der Waals surface area contributed by atoms with Gasteiger partial charge in [-0.05, 0) is 32.9 Å². The van der Waals surface area contributed by atoms with Gasteiger partial charge < -0.3 is 10.4 Å². The van der Waals surface area contributed by atoms with Crippen LogP contribution in [0.15, 0.2) is 36.7 Å². The average molecular weight is 315 g/mol. The molecule has 2 aromatic rings. The number of rotatable bonds is 5. The molecule has 0 aliphatic rings. The number of Topliss-reactive ketones (excluding diaryl/α,β-unsaturated/α-hetero) is 1. The second kappa shape index (κ2) is 6.04. The van der Waals surface area contributed by atoms with E-state index in [4.69, 9.17) is 5.11 Å². The minimum atomic E-state index is -1.22. The molecule has 1 aromatic carbocycles. The normalized spacial score (nSPS) is 11.1. The maximum Gasteiger partial charge on any atom is 0.331 e. The molecule has 0 fully saturated rings. The molecule has 0 aliphatic carbocycles. The van der Waals surface area contributed by atoms with Crippen LogP contribution >= 0.6 is 0 Å². The monoisotopic (exact) mass is 315 g/mol. The number of carboxylic acids is 1. The van der Waals surface area contributed by atoms with E-state index in [1.165, 1.54) is 37.8 Å². The Labute approximate surface area is 132 Å². The molecule has 7 heteroatoms. The number of amides is 1. The Bertz CT molecular complexity index is 760. The summed E-state index contributed by atoms with van der Waals surface area (Å²) in [5.41, 5.74) is 0.0874. The molecule has 0 radical (unpaired) electrons. The Morgan fingerprint density at radius 1 is 1.13 bits per heavy atom. The Kier molecular flexibility index (Phi) is 4.31. The summed E-state index contributed by atoms with van der Waals surface area (Å²) in [5, 5.41) is 15.8. The Morgan fingerprint density at radius 3 is 2.22 bits per heavy atom. The number of hydrogen-bond acceptors (Lipinski definition) is 4. The van der Waals surface area contributed by atoms with Crippen LogP contribution in [0.25, 0.3) is 0 Å². The molecule has 1 aromatic heterocycles. The van der Waals surface area contributed by atoms with Gasteiger partial charge in [0.1, 0.15) is 0 Å². The fourth-order valence-corrected chi connectivity index (χ4v) is 1.85. The van der Waals surface area contributed by atoms with Crippen LogP contribution < -0.4 is 5.32 Å². The van der Waals surface area contributed by atoms with E-state index >= 15 is 0 Å². The summed E-state index contributed by atoms with van der Waals surface area (Å²) < 4.78 is 1.27. The third kappa shape index (κ3) is 3.45. The number of anilines is 1. The van der Waals surface area contributed by atoms with Gasteiger partial charge >= 0.3 is 5.97 Å². The van der Waals surface area contributed by atoms with Crippen molar-refractivity contribution in [1.29, 1.82) is 0 Å². The molecule has 0 aliphatic heterocycles. The van der Waals surface area contributed by atoms with Crippen LogP contribution in [0.1, 0.15) is 41.5 Å². The molecule has 0 saturated heterocycles. The fraction of sp³-hybridized carbons (Fsp3) is 0.250. The third-order valence-electron chi connectivity index (χ3n) is 3.49. The summed E-state index contributed by atoms with van der Waals surface area (Å²) in [6.45, 7) is 4.47. The molecule has 1 heterocycles. The number of aromatic nitrogens is 2. The van der Waals surface area contributed by atoms with Crippen molar-refractivity contribution in [3.8, 4) is 0 Å². The minimum absolute atomic E-state index is 0.0749. The maximum atomic E-state index is 12.1. The second-order valence-electron chi connectivity index (χ2n) is 5.63. The number of ketones is 1. The minimum Gasteiger partial charge on any atom is -0.479 e. The highest BCUT2D eigenvalue weighted by Crippen LogP contribution is 2.18. The summed E-state index contributed by atoms with van der Waals surface area (Å²) in [4.78, 5) is 34.5. The first-order valence-corrected chi connectivity index (χ1v) is 6.92. The zero-order chi connectivity index (χ0) is 17.2. The Hall–Kier alpha value is -2.96. The van der Waals surface area contributed by atoms with Gasteiger partial charge in [-0.3, -0.25) is 14.3 Å². The first kappa shape index (κ1) is 16.4. The van der Waals surface area contributed by atoms with E-state index in [0.717, 1.165) is 0 Å². The molecule has 0 saturated carbocycles. The summed E-state index contributed by atoms with van der Waals surface area (Å²) >= 11 is 0. The zero-order valence-corrected chi connectivity index (χ0v) is 13.0. The van der Waals surface area contributed by atoms with Gasteiger partial charge in [-0.25, -0.2) is 4.79 Å². The van der Waals surface area contributed by atoms with Crippen molar-refractivity contribution in [3.63, 3.8) is 0 Å². The average Bonchev–Trinajstić information content (AvgIpc) is 2.96. The van der Waals surface area contributed by atoms with Gasteiger partial charge in [-0.2, -0.15) is 5.10 Å². The lowest BCUT2D eigenvalue weighted by molar-refractivity contribution is -0.146. The molecule has 0 spiro atoms. The van der Waals surface area contributed by atoms with Gasteiger partial charge in [-0.1, -0.05) is 12.1 Å². The van der Waals surface area contributed by atoms with E-state index in [2.05, 4.69) is 10.4 Å². The molecular formula is C16H17N3O4. The van der Waals surface area contributed by atoms with E-state index < -0.39 is 11.5 Å². The van der Waals surface area contributed by atoms with Crippen molar-refractivity contribution in [3.05, 3.63) is 47.8 Å². The first-order valence-electron chi connectivity index (χ1n) is 6.92. The SMILES string of the molecule is CC(=O)c1ccc(C(=O)Nc2cnn(C(C)(C)C(=O)O)c2)cc1. The van der Waals surface area contributed by atoms with E-state index in [-0.39, 0.29) is 11.7 Å². The number of hydrogen-bond donors (Lipinski definition) is 2. The van der Waals surface area contributed by atoms with Crippen molar-refractivity contribution < 1.29 is 19.5 Å². The summed E-state index contributed by atoms with van der Waals surface area (Å²) in [5.74, 6) is -1.47. The van der Waals surface area contributed by atoms with Crippen LogP contribution in [-0.2, 0) is 10.3 Å². The molecular weight excluding hydrogens is 298 g/mol. The molecule has 2 rings (SSSR count). The fourth-order valence-electron chi connectivity index (χ4n) is 1.85. The van der Waals surface area contributed by atoms with Crippen LogP contribution in [0.2, 0.25) is 0 Å². The second-order valence-corrected chi connectivity index (χ2v) is 5.63. The highest BCUT2D eigenvalue weighted by molar-refractivity contribution is 6.05. The molecule has 120 valence electrons. The number of nitrogens with zero attached hydrogens (tertiary/aromatic N) is 2. The Balaban J connectivity index is 2.13. The summed E-state index contributed by atoms with van der Waals surface area (Å²) in [6, 6.07) is 6.26. The van der Waals surface area contributed by atoms with E-state index in [0.29, 0.717) is 16.8 Å². The molecule has 2 N–H and O–H groups in total. The topological polar surface area (TPSA) is 101 Å². The van der Waals surface area contributed by atoms with E-state index in [1.54, 1.807) is 24.3 Å². The van der Waals surface area contributed by atoms with Gasteiger partial charge in [0, 0.05) is 17.3 Å². The molecule has 0 atom stereocenters. The highest BCUT2D eigenvalue weighted by Gasteiger charge is 2.30. The largest absolute Gasteiger partial charge is 0.479 e. The maximum absolute atomic E-state index is 12.1. The molecule has 1 amide bonds. The van der Waals surface area contributed by atoms with Crippen LogP contribution in [0.5, 0.6) is 0 Å². The lowest BCUT2D eigenvalue weighted by Crippen LogP contribution is -2.35. The standard InChI is InChI=1S/C16H17N3O4/c1-10(20)11-4-6-12(7-5-11)14(21)18-13-8-17-19(9-13)16(2,3)15(22)23/h4-9H,1-3H3,(H,18,21)(H,22,23). The number of carbonyl (C=O) groups is 3. The number of nitrogens with one attached hydrogen (secondary N) is 1. The van der Waals surface area contributed by atoms with Crippen molar-refractivity contribution in [2.24, 2.45) is 0 Å². The van der Waals surface area contributed by atoms with Crippen molar-refractivity contribution in [2.45, 2.75) is 26.3 Å². The third-order valence-corrected chi connectivity index (χ3v) is 3.49. The van der Waals surface area contributed by atoms with Crippen molar-refractivity contribution >= 4 is 23.3 Å². The van der Waals surface area contributed by atoms with Gasteiger partial charge in [0.2, 0.25) is 0 Å². The van der Waals surface area contributed by atoms with Gasteiger partial charge in [-0.15, -0.1) is 0 Å². The quantitative estimate of drug-likeness (QED) is 0.823. The van der Waals surface area contributed by atoms with Crippen molar-refractivity contribution in [1.82, 2.24) is 9.78 Å². The zero-order valence-electron chi connectivity index (χ0n) is 13.0. The lowest BCUT2D eigenvalue weighted by atomic mass is 10.1.